The van der Waals surface area contributed by atoms with Crippen molar-refractivity contribution in [3.8, 4) is 5.75 Å². The molecule has 31 heavy (non-hydrogen) atoms. The summed E-state index contributed by atoms with van der Waals surface area (Å²) in [6.07, 6.45) is 5.38. The second-order valence-electron chi connectivity index (χ2n) is 7.79. The maximum absolute atomic E-state index is 11.9. The topological polar surface area (TPSA) is 63.2 Å². The van der Waals surface area contributed by atoms with Gasteiger partial charge in [-0.15, -0.1) is 0 Å². The first-order valence-corrected chi connectivity index (χ1v) is 11.1. The second-order valence-corrected chi connectivity index (χ2v) is 8.16. The monoisotopic (exact) mass is 437 g/mol. The van der Waals surface area contributed by atoms with E-state index < -0.39 is 0 Å². The summed E-state index contributed by atoms with van der Waals surface area (Å²) in [5, 5.41) is 4.05. The zero-order valence-corrected chi connectivity index (χ0v) is 18.7. The Morgan fingerprint density at radius 1 is 1.16 bits per heavy atom. The molecule has 2 aliphatic rings. The molecule has 0 radical (unpaired) electrons. The standard InChI is InChI=1S/C24H27N3O3S/c1-3-30-21(28)17-10-12-18(13-11-17)25-22-24(14-5-4-6-15-24)27(23(31)26-22)19-8-7-9-20(16-19)29-2/h7-13,16H,3-6,14-15H2,1-2H3,(H,25,26,31). The molecule has 0 atom stereocenters. The molecule has 1 aliphatic heterocycles. The van der Waals surface area contributed by atoms with Crippen LogP contribution in [0.5, 0.6) is 5.75 Å². The van der Waals surface area contributed by atoms with Crippen LogP contribution in [0.15, 0.2) is 53.5 Å². The van der Waals surface area contributed by atoms with E-state index in [1.807, 2.05) is 30.3 Å². The Hall–Kier alpha value is -2.93. The molecule has 1 saturated carbocycles. The van der Waals surface area contributed by atoms with Gasteiger partial charge in [0.15, 0.2) is 0 Å². The lowest BCUT2D eigenvalue weighted by Gasteiger charge is -2.43. The third-order valence-corrected chi connectivity index (χ3v) is 6.19. The summed E-state index contributed by atoms with van der Waals surface area (Å²) in [4.78, 5) is 18.9. The third-order valence-electron chi connectivity index (χ3n) is 5.92. The van der Waals surface area contributed by atoms with Crippen LogP contribution in [0.3, 0.4) is 0 Å². The quantitative estimate of drug-likeness (QED) is 0.513. The van der Waals surface area contributed by atoms with Crippen molar-refractivity contribution in [1.82, 2.24) is 0 Å². The van der Waals surface area contributed by atoms with Gasteiger partial charge >= 0.3 is 5.97 Å². The van der Waals surface area contributed by atoms with Crippen LogP contribution in [-0.4, -0.2) is 36.2 Å². The van der Waals surface area contributed by atoms with Crippen molar-refractivity contribution in [2.45, 2.75) is 44.6 Å². The molecule has 2 aromatic rings. The number of nitrogens with one attached hydrogen (secondary N) is 1. The summed E-state index contributed by atoms with van der Waals surface area (Å²) in [5.74, 6) is 1.34. The fourth-order valence-electron chi connectivity index (χ4n) is 4.43. The first-order chi connectivity index (χ1) is 15.1. The molecule has 1 spiro atoms. The summed E-state index contributed by atoms with van der Waals surface area (Å²) in [5.41, 5.74) is 2.08. The summed E-state index contributed by atoms with van der Waals surface area (Å²) in [7, 11) is 1.67. The molecule has 0 saturated heterocycles. The Bertz CT molecular complexity index is 997. The van der Waals surface area contributed by atoms with Gasteiger partial charge in [-0.2, -0.15) is 0 Å². The molecule has 0 aromatic heterocycles. The summed E-state index contributed by atoms with van der Waals surface area (Å²) >= 11 is 5.73. The molecular weight excluding hydrogens is 410 g/mol. The van der Waals surface area contributed by atoms with E-state index in [0.717, 1.165) is 48.6 Å². The molecule has 0 amide bonds. The lowest BCUT2D eigenvalue weighted by molar-refractivity contribution is 0.0526. The van der Waals surface area contributed by atoms with Crippen molar-refractivity contribution in [3.63, 3.8) is 0 Å². The fourth-order valence-corrected chi connectivity index (χ4v) is 4.80. The summed E-state index contributed by atoms with van der Waals surface area (Å²) in [6.45, 7) is 2.16. The minimum atomic E-state index is -0.318. The highest BCUT2D eigenvalue weighted by molar-refractivity contribution is 7.80. The van der Waals surface area contributed by atoms with Crippen molar-refractivity contribution < 1.29 is 14.3 Å². The lowest BCUT2D eigenvalue weighted by atomic mass is 9.79. The van der Waals surface area contributed by atoms with E-state index in [9.17, 15) is 4.79 Å². The van der Waals surface area contributed by atoms with Crippen molar-refractivity contribution >= 4 is 40.5 Å². The largest absolute Gasteiger partial charge is 0.497 e. The molecular formula is C24H27N3O3S. The molecule has 6 nitrogen and oxygen atoms in total. The smallest absolute Gasteiger partial charge is 0.338 e. The first kappa shape index (κ1) is 21.3. The van der Waals surface area contributed by atoms with Crippen LogP contribution in [0.2, 0.25) is 0 Å². The maximum atomic E-state index is 11.9. The van der Waals surface area contributed by atoms with E-state index in [1.165, 1.54) is 6.42 Å². The Morgan fingerprint density at radius 2 is 1.90 bits per heavy atom. The number of benzene rings is 2. The highest BCUT2D eigenvalue weighted by Gasteiger charge is 2.49. The summed E-state index contributed by atoms with van der Waals surface area (Å²) in [6, 6.07) is 15.3. The predicted octanol–water partition coefficient (Wildman–Crippen LogP) is 5.19. The Morgan fingerprint density at radius 3 is 2.58 bits per heavy atom. The van der Waals surface area contributed by atoms with Gasteiger partial charge in [-0.05, 0) is 68.4 Å². The van der Waals surface area contributed by atoms with Crippen LogP contribution in [0.25, 0.3) is 0 Å². The van der Waals surface area contributed by atoms with Gasteiger partial charge in [0.05, 0.1) is 19.3 Å². The maximum Gasteiger partial charge on any atom is 0.338 e. The van der Waals surface area contributed by atoms with Gasteiger partial charge in [0.25, 0.3) is 0 Å². The van der Waals surface area contributed by atoms with Crippen LogP contribution in [-0.2, 0) is 4.74 Å². The van der Waals surface area contributed by atoms with Gasteiger partial charge < -0.3 is 19.7 Å². The minimum Gasteiger partial charge on any atom is -0.497 e. The van der Waals surface area contributed by atoms with Gasteiger partial charge in [-0.1, -0.05) is 25.3 Å². The van der Waals surface area contributed by atoms with Crippen LogP contribution in [0, 0.1) is 0 Å². The number of rotatable bonds is 5. The van der Waals surface area contributed by atoms with Gasteiger partial charge in [-0.25, -0.2) is 9.79 Å². The van der Waals surface area contributed by atoms with Crippen molar-refractivity contribution in [1.29, 1.82) is 0 Å². The SMILES string of the molecule is CCOC(=O)c1ccc(NC2=NC(=S)N(c3cccc(OC)c3)C23CCCCC3)cc1. The summed E-state index contributed by atoms with van der Waals surface area (Å²) < 4.78 is 10.5. The van der Waals surface area contributed by atoms with Crippen molar-refractivity contribution in [2.75, 3.05) is 23.9 Å². The number of hydrogen-bond acceptors (Lipinski definition) is 5. The number of esters is 1. The number of hydrogen-bond donors (Lipinski definition) is 1. The average molecular weight is 438 g/mol. The van der Waals surface area contributed by atoms with Crippen molar-refractivity contribution in [3.05, 3.63) is 54.1 Å². The molecule has 1 aliphatic carbocycles. The lowest BCUT2D eigenvalue weighted by Crippen LogP contribution is -2.55. The number of ether oxygens (including phenoxy) is 2. The first-order valence-electron chi connectivity index (χ1n) is 10.7. The highest BCUT2D eigenvalue weighted by Crippen LogP contribution is 2.42. The predicted molar refractivity (Wildman–Crippen MR) is 127 cm³/mol. The zero-order chi connectivity index (χ0) is 21.8. The fraction of sp³-hybridized carbons (Fsp3) is 0.375. The van der Waals surface area contributed by atoms with Crippen LogP contribution in [0.4, 0.5) is 11.4 Å². The Balaban J connectivity index is 1.63. The van der Waals surface area contributed by atoms with Crippen LogP contribution in [0.1, 0.15) is 49.4 Å². The number of carbonyl (C=O) groups is 1. The molecule has 162 valence electrons. The number of anilines is 2. The molecule has 0 unspecified atom stereocenters. The minimum absolute atomic E-state index is 0.304. The molecule has 1 fully saturated rings. The van der Waals surface area contributed by atoms with Gasteiger partial charge in [0, 0.05) is 17.4 Å². The van der Waals surface area contributed by atoms with Crippen molar-refractivity contribution in [2.24, 2.45) is 4.99 Å². The molecule has 0 bridgehead atoms. The Labute approximate surface area is 188 Å². The zero-order valence-electron chi connectivity index (χ0n) is 17.9. The van der Waals surface area contributed by atoms with Crippen LogP contribution >= 0.6 is 12.2 Å². The molecule has 2 aromatic carbocycles. The number of methoxy groups -OCH3 is 1. The molecule has 1 heterocycles. The van der Waals surface area contributed by atoms with Crippen LogP contribution < -0.4 is 15.0 Å². The number of thiocarbonyl (C=S) groups is 1. The Kier molecular flexibility index (Phi) is 6.23. The number of aliphatic imine (C=N–C) groups is 1. The van der Waals surface area contributed by atoms with E-state index in [2.05, 4.69) is 16.3 Å². The van der Waals surface area contributed by atoms with E-state index >= 15 is 0 Å². The highest BCUT2D eigenvalue weighted by atomic mass is 32.1. The van der Waals surface area contributed by atoms with E-state index in [1.54, 1.807) is 26.2 Å². The number of carbonyl (C=O) groups excluding carboxylic acids is 1. The third kappa shape index (κ3) is 4.14. The molecule has 1 N–H and O–H groups in total. The van der Waals surface area contributed by atoms with E-state index in [0.29, 0.717) is 17.3 Å². The van der Waals surface area contributed by atoms with Gasteiger partial charge in [0.2, 0.25) is 5.11 Å². The molecule has 7 heteroatoms. The van der Waals surface area contributed by atoms with Gasteiger partial charge in [0.1, 0.15) is 17.1 Å². The van der Waals surface area contributed by atoms with Gasteiger partial charge in [-0.3, -0.25) is 0 Å². The normalized spacial score (nSPS) is 17.4. The second kappa shape index (κ2) is 9.06. The van der Waals surface area contributed by atoms with E-state index in [4.69, 9.17) is 26.7 Å². The number of amidine groups is 1. The average Bonchev–Trinajstić information content (AvgIpc) is 3.05. The van der Waals surface area contributed by atoms with E-state index in [-0.39, 0.29) is 11.5 Å². The number of nitrogens with zero attached hydrogens (tertiary/aromatic N) is 2. The molecule has 4 rings (SSSR count).